The van der Waals surface area contributed by atoms with Crippen LogP contribution in [0.3, 0.4) is 0 Å². The summed E-state index contributed by atoms with van der Waals surface area (Å²) in [5.74, 6) is -0.864. The van der Waals surface area contributed by atoms with Crippen LogP contribution in [0.1, 0.15) is 323 Å². The number of unbranched alkanes of at least 4 members (excludes halogenated alkanes) is 38. The molecular weight excluding hydrogens is 841 g/mol. The Morgan fingerprint density at radius 1 is 0.294 bits per heavy atom. The maximum atomic E-state index is 12.9. The van der Waals surface area contributed by atoms with E-state index < -0.39 is 6.10 Å². The molecule has 0 saturated heterocycles. The first kappa shape index (κ1) is 65.6. The predicted molar refractivity (Wildman–Crippen MR) is 293 cm³/mol. The first-order valence-corrected chi connectivity index (χ1v) is 30.0. The molecular formula is C62H114O6. The minimum atomic E-state index is -0.774. The van der Waals surface area contributed by atoms with Gasteiger partial charge in [0, 0.05) is 19.3 Å². The zero-order valence-electron chi connectivity index (χ0n) is 45.6. The van der Waals surface area contributed by atoms with Crippen molar-refractivity contribution in [3.8, 4) is 0 Å². The van der Waals surface area contributed by atoms with Gasteiger partial charge in [-0.3, -0.25) is 14.4 Å². The van der Waals surface area contributed by atoms with Gasteiger partial charge in [-0.15, -0.1) is 0 Å². The van der Waals surface area contributed by atoms with E-state index in [0.29, 0.717) is 19.3 Å². The fourth-order valence-corrected chi connectivity index (χ4v) is 8.82. The second-order valence-electron chi connectivity index (χ2n) is 20.3. The minimum Gasteiger partial charge on any atom is -0.462 e. The lowest BCUT2D eigenvalue weighted by Crippen LogP contribution is -2.30. The molecule has 6 nitrogen and oxygen atoms in total. The smallest absolute Gasteiger partial charge is 0.306 e. The summed E-state index contributed by atoms with van der Waals surface area (Å²) >= 11 is 0. The third-order valence-corrected chi connectivity index (χ3v) is 13.4. The van der Waals surface area contributed by atoms with E-state index in [4.69, 9.17) is 14.2 Å². The molecule has 1 unspecified atom stereocenters. The van der Waals surface area contributed by atoms with E-state index in [2.05, 4.69) is 57.2 Å². The second-order valence-corrected chi connectivity index (χ2v) is 20.3. The number of hydrogen-bond acceptors (Lipinski definition) is 6. The summed E-state index contributed by atoms with van der Waals surface area (Å²) in [6.45, 7) is 6.65. The number of esters is 3. The average molecular weight is 956 g/mol. The Hall–Kier alpha value is -2.37. The molecule has 0 aromatic carbocycles. The molecule has 0 bridgehead atoms. The molecule has 0 N–H and O–H groups in total. The van der Waals surface area contributed by atoms with Gasteiger partial charge in [-0.25, -0.2) is 0 Å². The highest BCUT2D eigenvalue weighted by Crippen LogP contribution is 2.16. The molecule has 0 saturated carbocycles. The van der Waals surface area contributed by atoms with Gasteiger partial charge in [0.05, 0.1) is 0 Å². The van der Waals surface area contributed by atoms with Crippen molar-refractivity contribution in [2.75, 3.05) is 13.2 Å². The van der Waals surface area contributed by atoms with Gasteiger partial charge in [0.1, 0.15) is 13.2 Å². The van der Waals surface area contributed by atoms with Crippen molar-refractivity contribution in [3.63, 3.8) is 0 Å². The maximum Gasteiger partial charge on any atom is 0.306 e. The standard InChI is InChI=1S/C62H114O6/c1-4-7-10-13-16-19-22-25-27-29-30-31-32-34-35-37-40-43-46-49-52-55-61(64)67-58-59(57-66-60(63)54-51-48-45-42-39-24-21-18-15-12-9-6-3)68-62(65)56-53-50-47-44-41-38-36-33-28-26-23-20-17-14-11-8-5-2/h17,20,26,28-30,59H,4-16,18-19,21-25,27,31-58H2,1-3H3/b20-17-,28-26-,30-29-. The summed E-state index contributed by atoms with van der Waals surface area (Å²) < 4.78 is 16.9. The zero-order valence-corrected chi connectivity index (χ0v) is 45.6. The summed E-state index contributed by atoms with van der Waals surface area (Å²) in [5, 5.41) is 0. The van der Waals surface area contributed by atoms with Gasteiger partial charge < -0.3 is 14.2 Å². The fourth-order valence-electron chi connectivity index (χ4n) is 8.82. The number of rotatable bonds is 55. The van der Waals surface area contributed by atoms with Crippen molar-refractivity contribution < 1.29 is 28.6 Å². The van der Waals surface area contributed by atoms with Crippen molar-refractivity contribution in [2.24, 2.45) is 0 Å². The number of hydrogen-bond donors (Lipinski definition) is 0. The average Bonchev–Trinajstić information content (AvgIpc) is 3.34. The SMILES string of the molecule is CCCCC/C=C\C/C=C\CCCCCCCCCC(=O)OC(COC(=O)CCCCCCCCCCC/C=C\CCCCCCCCCC)COC(=O)CCCCCCCCCCCCCC. The van der Waals surface area contributed by atoms with Crippen LogP contribution in [0.15, 0.2) is 36.5 Å². The molecule has 398 valence electrons. The number of carbonyl (C=O) groups excluding carboxylic acids is 3. The summed E-state index contributed by atoms with van der Waals surface area (Å²) in [6.07, 6.45) is 68.5. The van der Waals surface area contributed by atoms with E-state index in [1.54, 1.807) is 0 Å². The minimum absolute atomic E-state index is 0.0723. The molecule has 0 amide bonds. The number of allylic oxidation sites excluding steroid dienone is 6. The third kappa shape index (κ3) is 54.6. The quantitative estimate of drug-likeness (QED) is 0.0262. The van der Waals surface area contributed by atoms with Crippen LogP contribution in [-0.2, 0) is 28.6 Å². The van der Waals surface area contributed by atoms with Crippen molar-refractivity contribution in [3.05, 3.63) is 36.5 Å². The molecule has 1 atom stereocenters. The van der Waals surface area contributed by atoms with Gasteiger partial charge in [-0.2, -0.15) is 0 Å². The summed E-state index contributed by atoms with van der Waals surface area (Å²) in [4.78, 5) is 38.2. The topological polar surface area (TPSA) is 78.9 Å². The lowest BCUT2D eigenvalue weighted by molar-refractivity contribution is -0.167. The second kappa shape index (κ2) is 57.2. The van der Waals surface area contributed by atoms with E-state index in [1.165, 1.54) is 212 Å². The molecule has 68 heavy (non-hydrogen) atoms. The van der Waals surface area contributed by atoms with Crippen LogP contribution in [0.2, 0.25) is 0 Å². The van der Waals surface area contributed by atoms with Crippen LogP contribution in [0, 0.1) is 0 Å². The van der Waals surface area contributed by atoms with Gasteiger partial charge in [-0.05, 0) is 77.0 Å². The van der Waals surface area contributed by atoms with Crippen molar-refractivity contribution >= 4 is 17.9 Å². The van der Waals surface area contributed by atoms with Crippen LogP contribution >= 0.6 is 0 Å². The Kier molecular flexibility index (Phi) is 55.2. The zero-order chi connectivity index (χ0) is 49.3. The summed E-state index contributed by atoms with van der Waals surface area (Å²) in [5.41, 5.74) is 0. The van der Waals surface area contributed by atoms with E-state index in [9.17, 15) is 14.4 Å². The fraction of sp³-hybridized carbons (Fsp3) is 0.855. The molecule has 0 aliphatic rings. The van der Waals surface area contributed by atoms with Crippen LogP contribution in [0.4, 0.5) is 0 Å². The van der Waals surface area contributed by atoms with Gasteiger partial charge in [0.25, 0.3) is 0 Å². The summed E-state index contributed by atoms with van der Waals surface area (Å²) in [7, 11) is 0. The van der Waals surface area contributed by atoms with Gasteiger partial charge in [0.15, 0.2) is 6.10 Å². The van der Waals surface area contributed by atoms with Crippen molar-refractivity contribution in [1.82, 2.24) is 0 Å². The van der Waals surface area contributed by atoms with E-state index in [1.807, 2.05) is 0 Å². The highest BCUT2D eigenvalue weighted by molar-refractivity contribution is 5.71. The van der Waals surface area contributed by atoms with Gasteiger partial charge >= 0.3 is 17.9 Å². The molecule has 0 aromatic rings. The molecule has 0 heterocycles. The van der Waals surface area contributed by atoms with Crippen LogP contribution in [-0.4, -0.2) is 37.2 Å². The van der Waals surface area contributed by atoms with E-state index >= 15 is 0 Å². The molecule has 0 radical (unpaired) electrons. The number of ether oxygens (including phenoxy) is 3. The molecule has 0 aliphatic carbocycles. The summed E-state index contributed by atoms with van der Waals surface area (Å²) in [6, 6.07) is 0. The molecule has 0 aromatic heterocycles. The Labute approximate surface area is 423 Å². The molecule has 0 spiro atoms. The molecule has 6 heteroatoms. The molecule has 0 aliphatic heterocycles. The van der Waals surface area contributed by atoms with Crippen LogP contribution in [0.25, 0.3) is 0 Å². The maximum absolute atomic E-state index is 12.9. The first-order valence-electron chi connectivity index (χ1n) is 30.0. The monoisotopic (exact) mass is 955 g/mol. The van der Waals surface area contributed by atoms with Crippen molar-refractivity contribution in [2.45, 2.75) is 329 Å². The van der Waals surface area contributed by atoms with E-state index in [0.717, 1.165) is 70.6 Å². The Balaban J connectivity index is 4.30. The lowest BCUT2D eigenvalue weighted by Gasteiger charge is -2.18. The first-order chi connectivity index (χ1) is 33.5. The van der Waals surface area contributed by atoms with Crippen LogP contribution < -0.4 is 0 Å². The van der Waals surface area contributed by atoms with Gasteiger partial charge in [0.2, 0.25) is 0 Å². The largest absolute Gasteiger partial charge is 0.462 e. The predicted octanol–water partition coefficient (Wildman–Crippen LogP) is 20.0. The Bertz CT molecular complexity index is 1140. The van der Waals surface area contributed by atoms with Gasteiger partial charge in [-0.1, -0.05) is 263 Å². The normalized spacial score (nSPS) is 12.2. The van der Waals surface area contributed by atoms with Crippen LogP contribution in [0.5, 0.6) is 0 Å². The Morgan fingerprint density at radius 2 is 0.529 bits per heavy atom. The molecule has 0 fully saturated rings. The number of carbonyl (C=O) groups is 3. The highest BCUT2D eigenvalue weighted by atomic mass is 16.6. The third-order valence-electron chi connectivity index (χ3n) is 13.4. The molecule has 0 rings (SSSR count). The Morgan fingerprint density at radius 3 is 0.853 bits per heavy atom. The lowest BCUT2D eigenvalue weighted by atomic mass is 10.0. The van der Waals surface area contributed by atoms with E-state index in [-0.39, 0.29) is 31.1 Å². The highest BCUT2D eigenvalue weighted by Gasteiger charge is 2.19. The van der Waals surface area contributed by atoms with Crippen molar-refractivity contribution in [1.29, 1.82) is 0 Å².